The summed E-state index contributed by atoms with van der Waals surface area (Å²) < 4.78 is 1.47. The molecule has 1 aromatic carbocycles. The topological polar surface area (TPSA) is 191 Å². The van der Waals surface area contributed by atoms with E-state index in [0.29, 0.717) is 46.1 Å². The minimum atomic E-state index is -1.25. The summed E-state index contributed by atoms with van der Waals surface area (Å²) >= 11 is 2.51. The Morgan fingerprint density at radius 1 is 1.15 bits per heavy atom. The summed E-state index contributed by atoms with van der Waals surface area (Å²) in [5.41, 5.74) is 1.94. The van der Waals surface area contributed by atoms with E-state index in [1.807, 2.05) is 4.90 Å². The molecule has 4 aliphatic rings. The van der Waals surface area contributed by atoms with E-state index in [9.17, 15) is 34.5 Å². The Morgan fingerprint density at radius 3 is 2.65 bits per heavy atom. The Labute approximate surface area is 292 Å². The van der Waals surface area contributed by atoms with Gasteiger partial charge in [-0.05, 0) is 62.1 Å². The second kappa shape index (κ2) is 12.6. The van der Waals surface area contributed by atoms with Crippen LogP contribution in [-0.4, -0.2) is 133 Å². The Balaban J connectivity index is 0.00000372. The van der Waals surface area contributed by atoms with Crippen molar-refractivity contribution in [3.63, 3.8) is 0 Å². The number of carboxylic acids is 1. The number of aryl methyl sites for hydroxylation is 1. The first-order chi connectivity index (χ1) is 21.6. The van der Waals surface area contributed by atoms with Gasteiger partial charge in [-0.25, -0.2) is 9.78 Å². The zero-order valence-corrected chi connectivity index (χ0v) is 28.5. The van der Waals surface area contributed by atoms with E-state index in [-0.39, 0.29) is 76.1 Å². The fourth-order valence-electron chi connectivity index (χ4n) is 5.66. The molecule has 17 heteroatoms. The molecule has 1 radical (unpaired) electrons. The molecule has 4 N–H and O–H groups in total. The van der Waals surface area contributed by atoms with E-state index in [1.165, 1.54) is 33.3 Å². The zero-order chi connectivity index (χ0) is 31.6. The third kappa shape index (κ3) is 5.88. The molecular weight excluding hydrogens is 645 g/mol. The van der Waals surface area contributed by atoms with E-state index in [0.717, 1.165) is 24.6 Å². The number of hydrogen-bond donors (Lipinski definition) is 4. The van der Waals surface area contributed by atoms with Gasteiger partial charge in [-0.2, -0.15) is 9.50 Å². The second-order valence-electron chi connectivity index (χ2n) is 11.2. The smallest absolute Gasteiger partial charge is 0.352 e. The van der Waals surface area contributed by atoms with E-state index < -0.39 is 29.2 Å². The SMILES string of the molecule is Cc1cc(SCC(=O)N[C@@H]2C(=O)N3C(C(=O)O)=C(C=C4CCN(C5CC5)C4=O)CS[C@H]23)n2nc(-c3ccc(O)c(O)c3)nc2n1.[Na]. The summed E-state index contributed by atoms with van der Waals surface area (Å²) in [5.74, 6) is -2.07. The molecule has 3 amide bonds. The zero-order valence-electron chi connectivity index (χ0n) is 24.8. The van der Waals surface area contributed by atoms with Crippen molar-refractivity contribution in [3.05, 3.63) is 52.9 Å². The van der Waals surface area contributed by atoms with Gasteiger partial charge in [0, 0.05) is 64.7 Å². The van der Waals surface area contributed by atoms with Crippen LogP contribution in [0, 0.1) is 6.92 Å². The molecule has 3 fully saturated rings. The molecule has 2 atom stereocenters. The Bertz CT molecular complexity index is 1880. The molecular formula is C29H27N7NaO7S2. The number of amides is 3. The third-order valence-corrected chi connectivity index (χ3v) is 10.3. The van der Waals surface area contributed by atoms with Crippen molar-refractivity contribution in [2.75, 3.05) is 18.1 Å². The maximum Gasteiger partial charge on any atom is 0.352 e. The summed E-state index contributed by atoms with van der Waals surface area (Å²) in [4.78, 5) is 63.0. The van der Waals surface area contributed by atoms with Crippen molar-refractivity contribution in [3.8, 4) is 22.9 Å². The number of benzene rings is 1. The molecule has 46 heavy (non-hydrogen) atoms. The summed E-state index contributed by atoms with van der Waals surface area (Å²) in [5, 5.41) is 36.7. The predicted octanol–water partition coefficient (Wildman–Crippen LogP) is 1.28. The number of hydrogen-bond acceptors (Lipinski definition) is 11. The minimum absolute atomic E-state index is 0. The number of fused-ring (bicyclic) bond motifs is 2. The maximum absolute atomic E-state index is 13.2. The molecule has 2 aromatic heterocycles. The number of likely N-dealkylation sites (tertiary alicyclic amines) is 1. The molecule has 0 unspecified atom stereocenters. The number of phenols is 2. The van der Waals surface area contributed by atoms with Crippen molar-refractivity contribution in [2.45, 2.75) is 48.7 Å². The number of thioether (sulfide) groups is 2. The van der Waals surface area contributed by atoms with Crippen LogP contribution in [0.2, 0.25) is 0 Å². The summed E-state index contributed by atoms with van der Waals surface area (Å²) in [6.45, 7) is 2.40. The van der Waals surface area contributed by atoms with E-state index in [2.05, 4.69) is 20.4 Å². The number of aliphatic carboxylic acids is 1. The summed E-state index contributed by atoms with van der Waals surface area (Å²) in [6.07, 6.45) is 4.16. The number of carbonyl (C=O) groups excluding carboxylic acids is 3. The molecule has 1 aliphatic carbocycles. The molecule has 5 heterocycles. The van der Waals surface area contributed by atoms with Gasteiger partial charge in [0.2, 0.25) is 11.8 Å². The van der Waals surface area contributed by atoms with Crippen LogP contribution in [0.5, 0.6) is 11.5 Å². The van der Waals surface area contributed by atoms with Gasteiger partial charge in [0.15, 0.2) is 17.3 Å². The van der Waals surface area contributed by atoms with Crippen LogP contribution in [0.4, 0.5) is 0 Å². The van der Waals surface area contributed by atoms with Gasteiger partial charge < -0.3 is 25.5 Å². The fraction of sp³-hybridized carbons (Fsp3) is 0.345. The van der Waals surface area contributed by atoms with Crippen molar-refractivity contribution < 1.29 is 34.5 Å². The molecule has 3 aromatic rings. The number of carboxylic acid groups (broad SMARTS) is 1. The van der Waals surface area contributed by atoms with Crippen LogP contribution in [0.15, 0.2) is 52.2 Å². The van der Waals surface area contributed by atoms with Crippen molar-refractivity contribution in [2.24, 2.45) is 0 Å². The number of β-lactam (4-membered cyclic amide) rings is 1. The number of allylic oxidation sites excluding steroid dienone is 1. The van der Waals surface area contributed by atoms with Crippen molar-refractivity contribution in [1.29, 1.82) is 0 Å². The number of nitrogens with one attached hydrogen (secondary N) is 1. The van der Waals surface area contributed by atoms with Crippen LogP contribution in [0.1, 0.15) is 25.0 Å². The van der Waals surface area contributed by atoms with Crippen molar-refractivity contribution in [1.82, 2.24) is 34.7 Å². The predicted molar refractivity (Wildman–Crippen MR) is 168 cm³/mol. The summed E-state index contributed by atoms with van der Waals surface area (Å²) in [6, 6.07) is 5.36. The summed E-state index contributed by atoms with van der Waals surface area (Å²) in [7, 11) is 0. The first-order valence-electron chi connectivity index (χ1n) is 14.2. The second-order valence-corrected chi connectivity index (χ2v) is 13.3. The molecule has 0 spiro atoms. The van der Waals surface area contributed by atoms with Gasteiger partial charge in [-0.1, -0.05) is 11.8 Å². The van der Waals surface area contributed by atoms with Gasteiger partial charge in [0.05, 0.1) is 5.75 Å². The molecule has 0 bridgehead atoms. The van der Waals surface area contributed by atoms with Gasteiger partial charge >= 0.3 is 5.97 Å². The van der Waals surface area contributed by atoms with Gasteiger partial charge in [0.1, 0.15) is 22.1 Å². The average Bonchev–Trinajstić information content (AvgIpc) is 3.66. The molecule has 7 rings (SSSR count). The van der Waals surface area contributed by atoms with Crippen LogP contribution >= 0.6 is 23.5 Å². The Hall–Kier alpha value is -3.57. The van der Waals surface area contributed by atoms with Crippen LogP contribution in [0.3, 0.4) is 0 Å². The van der Waals surface area contributed by atoms with Crippen LogP contribution in [0.25, 0.3) is 17.2 Å². The number of phenolic OH excluding ortho intramolecular Hbond substituents is 2. The molecule has 1 saturated carbocycles. The molecule has 14 nitrogen and oxygen atoms in total. The number of rotatable bonds is 8. The number of nitrogens with zero attached hydrogens (tertiary/aromatic N) is 6. The van der Waals surface area contributed by atoms with E-state index in [4.69, 9.17) is 0 Å². The normalized spacial score (nSPS) is 21.8. The monoisotopic (exact) mass is 672 g/mol. The molecule has 3 aliphatic heterocycles. The maximum atomic E-state index is 13.2. The van der Waals surface area contributed by atoms with E-state index in [1.54, 1.807) is 25.1 Å². The largest absolute Gasteiger partial charge is 0.504 e. The van der Waals surface area contributed by atoms with Gasteiger partial charge in [-0.15, -0.1) is 16.9 Å². The van der Waals surface area contributed by atoms with E-state index >= 15 is 0 Å². The molecule has 2 saturated heterocycles. The minimum Gasteiger partial charge on any atom is -0.504 e. The number of carbonyl (C=O) groups is 4. The van der Waals surface area contributed by atoms with Gasteiger partial charge in [-0.3, -0.25) is 19.3 Å². The van der Waals surface area contributed by atoms with Crippen molar-refractivity contribution >= 4 is 82.5 Å². The quantitative estimate of drug-likeness (QED) is 0.0671. The first kappa shape index (κ1) is 32.4. The fourth-order valence-corrected chi connectivity index (χ4v) is 7.83. The average molecular weight is 673 g/mol. The Kier molecular flexibility index (Phi) is 8.84. The standard InChI is InChI=1S/C29H27N7O7S2.Na/c1-13-8-21(36-29(30-13)32-24(33-36)14-2-5-18(37)19(38)10-14)44-12-20(39)31-22-26(41)35-23(28(42)43)16(11-45-27(22)35)9-15-6-7-34(25(15)40)17-3-4-17;/h2,5,8-10,17,22,27,37-38H,3-4,6-7,11-12H2,1H3,(H,31,39)(H,42,43);/t22-,27-;/m1./s1. The third-order valence-electron chi connectivity index (χ3n) is 8.00. The van der Waals surface area contributed by atoms with Crippen LogP contribution < -0.4 is 5.32 Å². The van der Waals surface area contributed by atoms with Gasteiger partial charge in [0.25, 0.3) is 11.7 Å². The number of aromatic hydroxyl groups is 2. The Morgan fingerprint density at radius 2 is 1.93 bits per heavy atom. The first-order valence-corrected chi connectivity index (χ1v) is 16.2. The molecule has 233 valence electrons. The van der Waals surface area contributed by atoms with Crippen LogP contribution in [-0.2, 0) is 19.2 Å². The number of aromatic nitrogens is 4.